The maximum atomic E-state index is 5.91. The number of benzene rings is 1. The van der Waals surface area contributed by atoms with Gasteiger partial charge in [0.2, 0.25) is 0 Å². The third kappa shape index (κ3) is 4.03. The van der Waals surface area contributed by atoms with Crippen LogP contribution in [0, 0.1) is 5.92 Å². The molecule has 2 rings (SSSR count). The lowest BCUT2D eigenvalue weighted by Crippen LogP contribution is -2.27. The van der Waals surface area contributed by atoms with E-state index in [0.717, 1.165) is 39.1 Å². The van der Waals surface area contributed by atoms with Gasteiger partial charge in [-0.05, 0) is 24.0 Å². The van der Waals surface area contributed by atoms with Gasteiger partial charge in [-0.2, -0.15) is 0 Å². The van der Waals surface area contributed by atoms with Crippen LogP contribution in [-0.2, 0) is 15.9 Å². The second kappa shape index (κ2) is 7.63. The first kappa shape index (κ1) is 14.5. The summed E-state index contributed by atoms with van der Waals surface area (Å²) in [6, 6.07) is 8.87. The molecule has 0 saturated carbocycles. The zero-order chi connectivity index (χ0) is 13.5. The summed E-state index contributed by atoms with van der Waals surface area (Å²) in [5.74, 6) is 0.573. The SMILES string of the molecule is CCc1ccc(C2OCCC2CNCCOC)cc1. The van der Waals surface area contributed by atoms with Gasteiger partial charge in [0, 0.05) is 32.7 Å². The lowest BCUT2D eigenvalue weighted by Gasteiger charge is -2.19. The molecule has 0 radical (unpaired) electrons. The quantitative estimate of drug-likeness (QED) is 0.767. The molecule has 0 amide bonds. The van der Waals surface area contributed by atoms with E-state index in [4.69, 9.17) is 9.47 Å². The Balaban J connectivity index is 1.89. The van der Waals surface area contributed by atoms with E-state index in [9.17, 15) is 0 Å². The molecule has 1 N–H and O–H groups in total. The molecule has 1 heterocycles. The van der Waals surface area contributed by atoms with Crippen LogP contribution < -0.4 is 5.32 Å². The summed E-state index contributed by atoms with van der Waals surface area (Å²) in [6.45, 7) is 5.74. The van der Waals surface area contributed by atoms with Crippen molar-refractivity contribution in [2.24, 2.45) is 5.92 Å². The summed E-state index contributed by atoms with van der Waals surface area (Å²) in [4.78, 5) is 0. The summed E-state index contributed by atoms with van der Waals surface area (Å²) in [5, 5.41) is 3.45. The summed E-state index contributed by atoms with van der Waals surface area (Å²) >= 11 is 0. The predicted molar refractivity (Wildman–Crippen MR) is 77.4 cm³/mol. The van der Waals surface area contributed by atoms with Crippen LogP contribution in [0.2, 0.25) is 0 Å². The fourth-order valence-electron chi connectivity index (χ4n) is 2.62. The van der Waals surface area contributed by atoms with Crippen molar-refractivity contribution in [3.63, 3.8) is 0 Å². The Hall–Kier alpha value is -0.900. The number of aryl methyl sites for hydroxylation is 1. The fraction of sp³-hybridized carbons (Fsp3) is 0.625. The number of rotatable bonds is 7. The standard InChI is InChI=1S/C16H25NO2/c1-3-13-4-6-14(7-5-13)16-15(8-10-19-16)12-17-9-11-18-2/h4-7,15-17H,3,8-12H2,1-2H3. The van der Waals surface area contributed by atoms with Gasteiger partial charge in [-0.15, -0.1) is 0 Å². The minimum Gasteiger partial charge on any atom is -0.383 e. The molecule has 0 spiro atoms. The van der Waals surface area contributed by atoms with E-state index in [-0.39, 0.29) is 6.10 Å². The van der Waals surface area contributed by atoms with Crippen molar-refractivity contribution in [1.29, 1.82) is 0 Å². The number of hydrogen-bond acceptors (Lipinski definition) is 3. The molecule has 1 saturated heterocycles. The van der Waals surface area contributed by atoms with E-state index in [1.54, 1.807) is 7.11 Å². The first-order valence-corrected chi connectivity index (χ1v) is 7.25. The van der Waals surface area contributed by atoms with Gasteiger partial charge in [-0.25, -0.2) is 0 Å². The lowest BCUT2D eigenvalue weighted by atomic mass is 9.94. The topological polar surface area (TPSA) is 30.5 Å². The first-order valence-electron chi connectivity index (χ1n) is 7.25. The Labute approximate surface area is 116 Å². The van der Waals surface area contributed by atoms with E-state index < -0.39 is 0 Å². The molecule has 3 nitrogen and oxygen atoms in total. The summed E-state index contributed by atoms with van der Waals surface area (Å²) < 4.78 is 11.0. The van der Waals surface area contributed by atoms with Crippen LogP contribution in [0.15, 0.2) is 24.3 Å². The first-order chi connectivity index (χ1) is 9.35. The van der Waals surface area contributed by atoms with Gasteiger partial charge in [0.1, 0.15) is 0 Å². The van der Waals surface area contributed by atoms with Crippen LogP contribution >= 0.6 is 0 Å². The third-order valence-corrected chi connectivity index (χ3v) is 3.82. The Morgan fingerprint density at radius 1 is 1.32 bits per heavy atom. The molecule has 1 fully saturated rings. The predicted octanol–water partition coefficient (Wildman–Crippen LogP) is 2.56. The highest BCUT2D eigenvalue weighted by Crippen LogP contribution is 2.34. The Bertz CT molecular complexity index is 364. The van der Waals surface area contributed by atoms with Crippen molar-refractivity contribution in [3.05, 3.63) is 35.4 Å². The van der Waals surface area contributed by atoms with Crippen molar-refractivity contribution in [2.45, 2.75) is 25.9 Å². The number of hydrogen-bond donors (Lipinski definition) is 1. The lowest BCUT2D eigenvalue weighted by molar-refractivity contribution is 0.0898. The fourth-order valence-corrected chi connectivity index (χ4v) is 2.62. The van der Waals surface area contributed by atoms with E-state index in [1.807, 2.05) is 0 Å². The summed E-state index contributed by atoms with van der Waals surface area (Å²) in [6.07, 6.45) is 2.48. The smallest absolute Gasteiger partial charge is 0.0866 e. The van der Waals surface area contributed by atoms with Crippen molar-refractivity contribution in [3.8, 4) is 0 Å². The molecule has 1 aliphatic heterocycles. The number of ether oxygens (including phenoxy) is 2. The molecule has 0 bridgehead atoms. The minimum atomic E-state index is 0.251. The molecular weight excluding hydrogens is 238 g/mol. The van der Waals surface area contributed by atoms with Crippen LogP contribution in [0.5, 0.6) is 0 Å². The average molecular weight is 263 g/mol. The number of nitrogens with one attached hydrogen (secondary N) is 1. The van der Waals surface area contributed by atoms with Crippen LogP contribution in [0.3, 0.4) is 0 Å². The Morgan fingerprint density at radius 2 is 2.11 bits per heavy atom. The molecule has 2 atom stereocenters. The minimum absolute atomic E-state index is 0.251. The van der Waals surface area contributed by atoms with E-state index in [2.05, 4.69) is 36.5 Å². The largest absolute Gasteiger partial charge is 0.383 e. The maximum Gasteiger partial charge on any atom is 0.0866 e. The van der Waals surface area contributed by atoms with Crippen LogP contribution in [0.1, 0.15) is 30.6 Å². The van der Waals surface area contributed by atoms with E-state index >= 15 is 0 Å². The van der Waals surface area contributed by atoms with Crippen molar-refractivity contribution in [1.82, 2.24) is 5.32 Å². The van der Waals surface area contributed by atoms with Gasteiger partial charge in [0.05, 0.1) is 12.7 Å². The number of methoxy groups -OCH3 is 1. The molecule has 3 heteroatoms. The average Bonchev–Trinajstić information content (AvgIpc) is 2.92. The van der Waals surface area contributed by atoms with Crippen molar-refractivity contribution in [2.75, 3.05) is 33.4 Å². The highest BCUT2D eigenvalue weighted by molar-refractivity contribution is 5.25. The monoisotopic (exact) mass is 263 g/mol. The molecular formula is C16H25NO2. The zero-order valence-electron chi connectivity index (χ0n) is 12.0. The third-order valence-electron chi connectivity index (χ3n) is 3.82. The molecule has 2 unspecified atom stereocenters. The highest BCUT2D eigenvalue weighted by atomic mass is 16.5. The Morgan fingerprint density at radius 3 is 2.79 bits per heavy atom. The van der Waals surface area contributed by atoms with Crippen LogP contribution in [0.4, 0.5) is 0 Å². The summed E-state index contributed by atoms with van der Waals surface area (Å²) in [5.41, 5.74) is 2.70. The highest BCUT2D eigenvalue weighted by Gasteiger charge is 2.29. The van der Waals surface area contributed by atoms with Gasteiger partial charge in [0.25, 0.3) is 0 Å². The summed E-state index contributed by atoms with van der Waals surface area (Å²) in [7, 11) is 1.73. The second-order valence-electron chi connectivity index (χ2n) is 5.13. The Kier molecular flexibility index (Phi) is 5.83. The van der Waals surface area contributed by atoms with Crippen LogP contribution in [0.25, 0.3) is 0 Å². The molecule has 19 heavy (non-hydrogen) atoms. The van der Waals surface area contributed by atoms with Gasteiger partial charge in [0.15, 0.2) is 0 Å². The van der Waals surface area contributed by atoms with Crippen molar-refractivity contribution < 1.29 is 9.47 Å². The molecule has 0 aliphatic carbocycles. The van der Waals surface area contributed by atoms with E-state index in [1.165, 1.54) is 11.1 Å². The van der Waals surface area contributed by atoms with Crippen LogP contribution in [-0.4, -0.2) is 33.4 Å². The molecule has 1 aromatic carbocycles. The van der Waals surface area contributed by atoms with Gasteiger partial charge in [-0.3, -0.25) is 0 Å². The van der Waals surface area contributed by atoms with E-state index in [0.29, 0.717) is 5.92 Å². The molecule has 106 valence electrons. The molecule has 1 aliphatic rings. The van der Waals surface area contributed by atoms with Crippen molar-refractivity contribution >= 4 is 0 Å². The van der Waals surface area contributed by atoms with Gasteiger partial charge < -0.3 is 14.8 Å². The van der Waals surface area contributed by atoms with Gasteiger partial charge >= 0.3 is 0 Å². The molecule has 1 aromatic rings. The second-order valence-corrected chi connectivity index (χ2v) is 5.13. The zero-order valence-corrected chi connectivity index (χ0v) is 12.0. The normalized spacial score (nSPS) is 22.8. The van der Waals surface area contributed by atoms with Gasteiger partial charge in [-0.1, -0.05) is 31.2 Å². The molecule has 0 aromatic heterocycles. The maximum absolute atomic E-state index is 5.91.